The number of aryl methyl sites for hydroxylation is 1. The molecule has 5 nitrogen and oxygen atoms in total. The van der Waals surface area contributed by atoms with Gasteiger partial charge >= 0.3 is 5.97 Å². The Hall–Kier alpha value is -1.88. The Kier molecular flexibility index (Phi) is 6.16. The number of carbonyl (C=O) groups is 2. The third kappa shape index (κ3) is 4.32. The predicted molar refractivity (Wildman–Crippen MR) is 90.3 cm³/mol. The zero-order chi connectivity index (χ0) is 16.7. The van der Waals surface area contributed by atoms with Crippen LogP contribution < -0.4 is 10.6 Å². The number of ether oxygens (including phenoxy) is 1. The number of rotatable bonds is 6. The van der Waals surface area contributed by atoms with Gasteiger partial charge in [0, 0.05) is 5.69 Å². The Morgan fingerprint density at radius 2 is 1.87 bits per heavy atom. The number of para-hydroxylation sites is 1. The van der Waals surface area contributed by atoms with Crippen LogP contribution in [-0.4, -0.2) is 31.1 Å². The SMILES string of the molecule is CCc1ccccc1NC(=O)CNC1(C(=O)OC)CCCCC1. The first-order valence-electron chi connectivity index (χ1n) is 8.32. The summed E-state index contributed by atoms with van der Waals surface area (Å²) in [6.45, 7) is 2.16. The average molecular weight is 318 g/mol. The molecule has 1 aliphatic carbocycles. The van der Waals surface area contributed by atoms with Gasteiger partial charge < -0.3 is 10.1 Å². The lowest BCUT2D eigenvalue weighted by Gasteiger charge is -2.35. The highest BCUT2D eigenvalue weighted by Gasteiger charge is 2.40. The van der Waals surface area contributed by atoms with Gasteiger partial charge in [-0.3, -0.25) is 14.9 Å². The minimum Gasteiger partial charge on any atom is -0.468 e. The lowest BCUT2D eigenvalue weighted by atomic mass is 9.81. The third-order valence-electron chi connectivity index (χ3n) is 4.54. The molecule has 23 heavy (non-hydrogen) atoms. The van der Waals surface area contributed by atoms with Crippen LogP contribution in [0.25, 0.3) is 0 Å². The number of methoxy groups -OCH3 is 1. The van der Waals surface area contributed by atoms with Crippen LogP contribution in [0.4, 0.5) is 5.69 Å². The van der Waals surface area contributed by atoms with Crippen LogP contribution in [0, 0.1) is 0 Å². The number of benzene rings is 1. The van der Waals surface area contributed by atoms with Crippen LogP contribution in [0.5, 0.6) is 0 Å². The van der Waals surface area contributed by atoms with Crippen LogP contribution in [-0.2, 0) is 20.7 Å². The predicted octanol–water partition coefficient (Wildman–Crippen LogP) is 2.65. The molecule has 0 bridgehead atoms. The minimum absolute atomic E-state index is 0.104. The molecule has 1 aliphatic rings. The monoisotopic (exact) mass is 318 g/mol. The van der Waals surface area contributed by atoms with Crippen molar-refractivity contribution in [3.8, 4) is 0 Å². The first kappa shape index (κ1) is 17.5. The number of esters is 1. The van der Waals surface area contributed by atoms with Crippen molar-refractivity contribution in [3.05, 3.63) is 29.8 Å². The molecule has 0 heterocycles. The maximum Gasteiger partial charge on any atom is 0.326 e. The molecule has 1 fully saturated rings. The van der Waals surface area contributed by atoms with E-state index in [1.807, 2.05) is 24.3 Å². The summed E-state index contributed by atoms with van der Waals surface area (Å²) in [6.07, 6.45) is 5.37. The summed E-state index contributed by atoms with van der Waals surface area (Å²) in [4.78, 5) is 24.4. The topological polar surface area (TPSA) is 67.4 Å². The summed E-state index contributed by atoms with van der Waals surface area (Å²) < 4.78 is 4.95. The molecule has 5 heteroatoms. The number of nitrogens with one attached hydrogen (secondary N) is 2. The lowest BCUT2D eigenvalue weighted by molar-refractivity contribution is -0.150. The van der Waals surface area contributed by atoms with Crippen molar-refractivity contribution in [1.29, 1.82) is 0 Å². The Morgan fingerprint density at radius 3 is 2.52 bits per heavy atom. The van der Waals surface area contributed by atoms with Gasteiger partial charge in [-0.25, -0.2) is 0 Å². The molecule has 1 aromatic carbocycles. The van der Waals surface area contributed by atoms with Gasteiger partial charge in [0.25, 0.3) is 0 Å². The number of hydrogen-bond acceptors (Lipinski definition) is 4. The molecular formula is C18H26N2O3. The van der Waals surface area contributed by atoms with Crippen molar-refractivity contribution in [2.45, 2.75) is 51.0 Å². The van der Waals surface area contributed by atoms with Gasteiger partial charge in [0.1, 0.15) is 5.54 Å². The van der Waals surface area contributed by atoms with Crippen LogP contribution in [0.15, 0.2) is 24.3 Å². The van der Waals surface area contributed by atoms with Crippen molar-refractivity contribution in [2.24, 2.45) is 0 Å². The number of hydrogen-bond donors (Lipinski definition) is 2. The molecule has 0 radical (unpaired) electrons. The van der Waals surface area contributed by atoms with E-state index < -0.39 is 5.54 Å². The highest BCUT2D eigenvalue weighted by Crippen LogP contribution is 2.29. The molecule has 0 aromatic heterocycles. The van der Waals surface area contributed by atoms with E-state index in [4.69, 9.17) is 4.74 Å². The van der Waals surface area contributed by atoms with Gasteiger partial charge in [0.15, 0.2) is 0 Å². The molecule has 1 amide bonds. The first-order valence-corrected chi connectivity index (χ1v) is 8.32. The Bertz CT molecular complexity index is 551. The molecule has 0 atom stereocenters. The van der Waals surface area contributed by atoms with Crippen LogP contribution >= 0.6 is 0 Å². The molecule has 2 rings (SSSR count). The van der Waals surface area contributed by atoms with Gasteiger partial charge in [0.2, 0.25) is 5.91 Å². The smallest absolute Gasteiger partial charge is 0.326 e. The zero-order valence-corrected chi connectivity index (χ0v) is 14.0. The second-order valence-electron chi connectivity index (χ2n) is 6.05. The van der Waals surface area contributed by atoms with Gasteiger partial charge in [0.05, 0.1) is 13.7 Å². The normalized spacial score (nSPS) is 16.6. The maximum atomic E-state index is 12.3. The van der Waals surface area contributed by atoms with Crippen LogP contribution in [0.2, 0.25) is 0 Å². The molecule has 1 saturated carbocycles. The summed E-state index contributed by atoms with van der Waals surface area (Å²) in [7, 11) is 1.40. The number of anilines is 1. The second kappa shape index (κ2) is 8.11. The van der Waals surface area contributed by atoms with E-state index in [0.29, 0.717) is 0 Å². The quantitative estimate of drug-likeness (QED) is 0.791. The van der Waals surface area contributed by atoms with Crippen molar-refractivity contribution in [1.82, 2.24) is 5.32 Å². The van der Waals surface area contributed by atoms with Gasteiger partial charge in [-0.1, -0.05) is 44.4 Å². The standard InChI is InChI=1S/C18H26N2O3/c1-3-14-9-5-6-10-15(14)20-16(21)13-19-18(17(22)23-2)11-7-4-8-12-18/h5-6,9-10,19H,3-4,7-8,11-13H2,1-2H3,(H,20,21). The second-order valence-corrected chi connectivity index (χ2v) is 6.05. The lowest BCUT2D eigenvalue weighted by Crippen LogP contribution is -2.55. The minimum atomic E-state index is -0.714. The van der Waals surface area contributed by atoms with E-state index >= 15 is 0 Å². The summed E-state index contributed by atoms with van der Waals surface area (Å²) in [5, 5.41) is 6.08. The molecule has 2 N–H and O–H groups in total. The van der Waals surface area contributed by atoms with Crippen molar-refractivity contribution >= 4 is 17.6 Å². The van der Waals surface area contributed by atoms with E-state index in [2.05, 4.69) is 17.6 Å². The van der Waals surface area contributed by atoms with Crippen molar-refractivity contribution in [2.75, 3.05) is 19.0 Å². The van der Waals surface area contributed by atoms with E-state index in [1.54, 1.807) is 0 Å². The van der Waals surface area contributed by atoms with E-state index in [1.165, 1.54) is 7.11 Å². The van der Waals surface area contributed by atoms with Crippen LogP contribution in [0.3, 0.4) is 0 Å². The summed E-state index contributed by atoms with van der Waals surface area (Å²) in [6, 6.07) is 7.76. The highest BCUT2D eigenvalue weighted by atomic mass is 16.5. The van der Waals surface area contributed by atoms with Gasteiger partial charge in [-0.2, -0.15) is 0 Å². The molecule has 0 spiro atoms. The maximum absolute atomic E-state index is 12.3. The molecular weight excluding hydrogens is 292 g/mol. The Labute approximate surface area is 137 Å². The fourth-order valence-corrected chi connectivity index (χ4v) is 3.20. The summed E-state index contributed by atoms with van der Waals surface area (Å²) >= 11 is 0. The fraction of sp³-hybridized carbons (Fsp3) is 0.556. The van der Waals surface area contributed by atoms with E-state index in [0.717, 1.165) is 49.8 Å². The Balaban J connectivity index is 1.97. The van der Waals surface area contributed by atoms with Gasteiger partial charge in [-0.05, 0) is 30.9 Å². The van der Waals surface area contributed by atoms with E-state index in [9.17, 15) is 9.59 Å². The average Bonchev–Trinajstić information content (AvgIpc) is 2.60. The summed E-state index contributed by atoms with van der Waals surface area (Å²) in [5.41, 5.74) is 1.22. The van der Waals surface area contributed by atoms with E-state index in [-0.39, 0.29) is 18.4 Å². The molecule has 0 aliphatic heterocycles. The summed E-state index contributed by atoms with van der Waals surface area (Å²) in [5.74, 6) is -0.404. The number of amides is 1. The molecule has 0 unspecified atom stereocenters. The third-order valence-corrected chi connectivity index (χ3v) is 4.54. The molecule has 0 saturated heterocycles. The molecule has 126 valence electrons. The van der Waals surface area contributed by atoms with Crippen molar-refractivity contribution in [3.63, 3.8) is 0 Å². The van der Waals surface area contributed by atoms with Crippen LogP contribution in [0.1, 0.15) is 44.6 Å². The fourth-order valence-electron chi connectivity index (χ4n) is 3.20. The molecule has 1 aromatic rings. The first-order chi connectivity index (χ1) is 11.1. The largest absolute Gasteiger partial charge is 0.468 e. The zero-order valence-electron chi connectivity index (χ0n) is 14.0. The van der Waals surface area contributed by atoms with Gasteiger partial charge in [-0.15, -0.1) is 0 Å². The van der Waals surface area contributed by atoms with Crippen molar-refractivity contribution < 1.29 is 14.3 Å². The number of carbonyl (C=O) groups excluding carboxylic acids is 2. The highest BCUT2D eigenvalue weighted by molar-refractivity contribution is 5.93. The Morgan fingerprint density at radius 1 is 1.17 bits per heavy atom.